The van der Waals surface area contributed by atoms with Crippen LogP contribution in [0.5, 0.6) is 0 Å². The molecule has 2 aromatic carbocycles. The highest BCUT2D eigenvalue weighted by Gasteiger charge is 2.44. The lowest BCUT2D eigenvalue weighted by molar-refractivity contribution is -0.136. The van der Waals surface area contributed by atoms with Gasteiger partial charge in [-0.1, -0.05) is 6.07 Å². The second kappa shape index (κ2) is 11.4. The topological polar surface area (TPSA) is 148 Å². The number of aromatic nitrogens is 4. The van der Waals surface area contributed by atoms with E-state index in [-0.39, 0.29) is 30.0 Å². The van der Waals surface area contributed by atoms with E-state index in [1.54, 1.807) is 18.2 Å². The zero-order valence-corrected chi connectivity index (χ0v) is 25.1. The molecule has 5 heterocycles. The second-order valence-electron chi connectivity index (χ2n) is 12.7. The largest absolute Gasteiger partial charge is 0.385 e. The van der Waals surface area contributed by atoms with Crippen LogP contribution in [0.2, 0.25) is 0 Å². The fraction of sp³-hybridized carbons (Fsp3) is 0.382. The Labute approximate surface area is 264 Å². The maximum atomic E-state index is 13.1. The molecule has 1 saturated carbocycles. The third kappa shape index (κ3) is 5.12. The number of benzene rings is 2. The Kier molecular flexibility index (Phi) is 7.08. The molecule has 2 aromatic heterocycles. The number of imide groups is 2. The van der Waals surface area contributed by atoms with Crippen molar-refractivity contribution < 1.29 is 23.9 Å². The van der Waals surface area contributed by atoms with Gasteiger partial charge in [-0.2, -0.15) is 5.10 Å². The summed E-state index contributed by atoms with van der Waals surface area (Å²) in [6, 6.07) is 10.8. The van der Waals surface area contributed by atoms with E-state index in [2.05, 4.69) is 38.9 Å². The van der Waals surface area contributed by atoms with Crippen LogP contribution in [0, 0.1) is 5.92 Å². The number of nitrogens with one attached hydrogen (secondary N) is 2. The first-order valence-electron chi connectivity index (χ1n) is 15.9. The molecule has 4 aromatic rings. The van der Waals surface area contributed by atoms with Gasteiger partial charge in [-0.15, -0.1) is 0 Å². The van der Waals surface area contributed by atoms with E-state index in [4.69, 9.17) is 9.72 Å². The van der Waals surface area contributed by atoms with Crippen molar-refractivity contribution in [2.24, 2.45) is 5.92 Å². The molecule has 2 saturated heterocycles. The first-order chi connectivity index (χ1) is 22.4. The SMILES string of the molecule is O=C1CCC(N2C(=O)c3ccc(NCC4CC(n5cc(-c6cnc7ccc(C8CCOCC8)cc7n6)cn5)C4)cc3C2=O)C(=O)N1. The van der Waals surface area contributed by atoms with Gasteiger partial charge in [0.1, 0.15) is 6.04 Å². The smallest absolute Gasteiger partial charge is 0.262 e. The third-order valence-electron chi connectivity index (χ3n) is 9.78. The predicted octanol–water partition coefficient (Wildman–Crippen LogP) is 3.85. The van der Waals surface area contributed by atoms with Crippen molar-refractivity contribution in [1.82, 2.24) is 30.0 Å². The maximum Gasteiger partial charge on any atom is 0.262 e. The molecule has 0 spiro atoms. The molecule has 12 heteroatoms. The molecule has 3 aliphatic heterocycles. The van der Waals surface area contributed by atoms with Crippen molar-refractivity contribution in [3.05, 3.63) is 71.7 Å². The van der Waals surface area contributed by atoms with Crippen LogP contribution in [-0.2, 0) is 14.3 Å². The number of carbonyl (C=O) groups excluding carboxylic acids is 4. The normalized spacial score (nSPS) is 23.4. The molecule has 3 fully saturated rings. The van der Waals surface area contributed by atoms with Crippen molar-refractivity contribution >= 4 is 40.3 Å². The summed E-state index contributed by atoms with van der Waals surface area (Å²) in [5.41, 5.74) is 6.10. The third-order valence-corrected chi connectivity index (χ3v) is 9.78. The lowest BCUT2D eigenvalue weighted by atomic mass is 9.80. The molecule has 0 bridgehead atoms. The van der Waals surface area contributed by atoms with Gasteiger partial charge in [0, 0.05) is 43.6 Å². The van der Waals surface area contributed by atoms with E-state index in [0.29, 0.717) is 18.4 Å². The fourth-order valence-electron chi connectivity index (χ4n) is 7.05. The highest BCUT2D eigenvalue weighted by Crippen LogP contribution is 2.38. The monoisotopic (exact) mass is 619 g/mol. The summed E-state index contributed by atoms with van der Waals surface area (Å²) < 4.78 is 7.54. The van der Waals surface area contributed by atoms with Crippen LogP contribution in [0.15, 0.2) is 55.0 Å². The Morgan fingerprint density at radius 1 is 0.913 bits per heavy atom. The number of nitrogens with zero attached hydrogens (tertiary/aromatic N) is 5. The molecule has 4 aliphatic rings. The van der Waals surface area contributed by atoms with E-state index >= 15 is 0 Å². The lowest BCUT2D eigenvalue weighted by Crippen LogP contribution is -2.54. The molecule has 8 rings (SSSR count). The highest BCUT2D eigenvalue weighted by atomic mass is 16.5. The number of hydrogen-bond donors (Lipinski definition) is 2. The van der Waals surface area contributed by atoms with Crippen molar-refractivity contribution in [1.29, 1.82) is 0 Å². The van der Waals surface area contributed by atoms with E-state index in [0.717, 1.165) is 71.8 Å². The number of anilines is 1. The number of rotatable bonds is 7. The van der Waals surface area contributed by atoms with Crippen molar-refractivity contribution in [2.75, 3.05) is 25.1 Å². The second-order valence-corrected chi connectivity index (χ2v) is 12.7. The number of hydrogen-bond acceptors (Lipinski definition) is 9. The molecule has 2 N–H and O–H groups in total. The number of carbonyl (C=O) groups is 4. The molecule has 4 amide bonds. The molecule has 46 heavy (non-hydrogen) atoms. The summed E-state index contributed by atoms with van der Waals surface area (Å²) >= 11 is 0. The quantitative estimate of drug-likeness (QED) is 0.294. The van der Waals surface area contributed by atoms with Crippen LogP contribution in [0.1, 0.15) is 76.8 Å². The molecule has 1 unspecified atom stereocenters. The fourth-order valence-corrected chi connectivity index (χ4v) is 7.05. The molecule has 234 valence electrons. The van der Waals surface area contributed by atoms with Gasteiger partial charge in [0.25, 0.3) is 11.8 Å². The Bertz CT molecular complexity index is 1890. The minimum Gasteiger partial charge on any atom is -0.385 e. The maximum absolute atomic E-state index is 13.1. The van der Waals surface area contributed by atoms with Gasteiger partial charge in [-0.05, 0) is 79.8 Å². The van der Waals surface area contributed by atoms with Gasteiger partial charge in [0.15, 0.2) is 0 Å². The first-order valence-corrected chi connectivity index (χ1v) is 15.9. The molecule has 1 aliphatic carbocycles. The van der Waals surface area contributed by atoms with Crippen LogP contribution in [0.3, 0.4) is 0 Å². The summed E-state index contributed by atoms with van der Waals surface area (Å²) in [5, 5.41) is 10.3. The van der Waals surface area contributed by atoms with Crippen molar-refractivity contribution in [3.63, 3.8) is 0 Å². The number of piperidine rings is 1. The van der Waals surface area contributed by atoms with Gasteiger partial charge >= 0.3 is 0 Å². The van der Waals surface area contributed by atoms with Gasteiger partial charge in [0.2, 0.25) is 11.8 Å². The highest BCUT2D eigenvalue weighted by molar-refractivity contribution is 6.23. The van der Waals surface area contributed by atoms with Crippen LogP contribution in [-0.4, -0.2) is 74.1 Å². The van der Waals surface area contributed by atoms with Gasteiger partial charge < -0.3 is 10.1 Å². The standard InChI is InChI=1S/C34H33N7O5/c42-31-6-5-30(32(43)39-31)41-33(44)25-3-2-23(14-26(25)34(41)45)35-15-19-11-24(12-19)40-18-22(16-37-40)29-17-36-27-4-1-21(13-28(27)38-29)20-7-9-46-10-8-20/h1-4,13-14,16-20,24,30,35H,5-12,15H2,(H,39,42,43). The van der Waals surface area contributed by atoms with Crippen molar-refractivity contribution in [2.45, 2.75) is 56.5 Å². The average molecular weight is 620 g/mol. The van der Waals surface area contributed by atoms with E-state index in [1.165, 1.54) is 5.56 Å². The zero-order valence-electron chi connectivity index (χ0n) is 25.1. The lowest BCUT2D eigenvalue weighted by Gasteiger charge is -2.35. The molecule has 12 nitrogen and oxygen atoms in total. The summed E-state index contributed by atoms with van der Waals surface area (Å²) in [6.45, 7) is 2.32. The molecular formula is C34H33N7O5. The summed E-state index contributed by atoms with van der Waals surface area (Å²) in [5.74, 6) is -1.10. The van der Waals surface area contributed by atoms with E-state index in [1.807, 2.05) is 23.3 Å². The Balaban J connectivity index is 0.880. The minimum absolute atomic E-state index is 0.0915. The number of fused-ring (bicyclic) bond motifs is 2. The van der Waals surface area contributed by atoms with Crippen LogP contribution in [0.4, 0.5) is 5.69 Å². The predicted molar refractivity (Wildman–Crippen MR) is 167 cm³/mol. The van der Waals surface area contributed by atoms with Gasteiger partial charge in [0.05, 0.1) is 46.3 Å². The van der Waals surface area contributed by atoms with E-state index < -0.39 is 29.7 Å². The molecular weight excluding hydrogens is 586 g/mol. The zero-order chi connectivity index (χ0) is 31.4. The molecule has 0 radical (unpaired) electrons. The van der Waals surface area contributed by atoms with Gasteiger partial charge in [-0.3, -0.25) is 39.1 Å². The summed E-state index contributed by atoms with van der Waals surface area (Å²) in [4.78, 5) is 60.5. The molecule has 1 atom stereocenters. The number of amides is 4. The van der Waals surface area contributed by atoms with Crippen LogP contribution in [0.25, 0.3) is 22.3 Å². The Morgan fingerprint density at radius 2 is 1.74 bits per heavy atom. The van der Waals surface area contributed by atoms with Crippen LogP contribution >= 0.6 is 0 Å². The minimum atomic E-state index is -0.973. The number of ether oxygens (including phenoxy) is 1. The van der Waals surface area contributed by atoms with Gasteiger partial charge in [-0.25, -0.2) is 4.98 Å². The average Bonchev–Trinajstić information content (AvgIpc) is 3.63. The summed E-state index contributed by atoms with van der Waals surface area (Å²) in [6.07, 6.45) is 9.91. The Hall–Kier alpha value is -4.97. The summed E-state index contributed by atoms with van der Waals surface area (Å²) in [7, 11) is 0. The van der Waals surface area contributed by atoms with E-state index in [9.17, 15) is 19.2 Å². The first kappa shape index (κ1) is 28.5. The van der Waals surface area contributed by atoms with Crippen molar-refractivity contribution in [3.8, 4) is 11.3 Å². The Morgan fingerprint density at radius 3 is 2.57 bits per heavy atom. The van der Waals surface area contributed by atoms with Crippen LogP contribution < -0.4 is 10.6 Å².